The number of rotatable bonds is 1. The molecule has 2 aromatic rings. The van der Waals surface area contributed by atoms with Gasteiger partial charge in [0.15, 0.2) is 11.6 Å². The quantitative estimate of drug-likeness (QED) is 0.796. The van der Waals surface area contributed by atoms with Gasteiger partial charge in [-0.2, -0.15) is 0 Å². The highest BCUT2D eigenvalue weighted by Gasteiger charge is 2.42. The van der Waals surface area contributed by atoms with Gasteiger partial charge in [-0.1, -0.05) is 30.3 Å². The molecule has 1 aromatic heterocycles. The highest BCUT2D eigenvalue weighted by molar-refractivity contribution is 5.83. The summed E-state index contributed by atoms with van der Waals surface area (Å²) in [4.78, 5) is 14.5. The van der Waals surface area contributed by atoms with E-state index in [1.165, 1.54) is 0 Å². The van der Waals surface area contributed by atoms with E-state index in [4.69, 9.17) is 0 Å². The van der Waals surface area contributed by atoms with Crippen LogP contribution in [-0.4, -0.2) is 32.1 Å². The lowest BCUT2D eigenvalue weighted by molar-refractivity contribution is -0.137. The van der Waals surface area contributed by atoms with Gasteiger partial charge < -0.3 is 4.90 Å². The molecule has 0 N–H and O–H groups in total. The van der Waals surface area contributed by atoms with Gasteiger partial charge in [0.2, 0.25) is 5.91 Å². The smallest absolute Gasteiger partial charge is 0.246 e. The maximum absolute atomic E-state index is 12.5. The minimum absolute atomic E-state index is 0.115. The number of aromatic nitrogens is 3. The Morgan fingerprint density at radius 1 is 1.20 bits per heavy atom. The Morgan fingerprint density at radius 3 is 2.80 bits per heavy atom. The zero-order valence-corrected chi connectivity index (χ0v) is 11.4. The van der Waals surface area contributed by atoms with Crippen LogP contribution in [0.4, 0.5) is 0 Å². The predicted molar refractivity (Wildman–Crippen MR) is 73.9 cm³/mol. The minimum atomic E-state index is -0.218. The van der Waals surface area contributed by atoms with E-state index in [1.54, 1.807) is 0 Å². The standard InChI is InChI=1S/C15H16N4O/c1-10-15(20)18-9-5-8-12(18)14-17-16-13(19(10)14)11-6-3-2-4-7-11/h2-4,6-7,10,12H,5,8-9H2,1H3/t10-,12+/m0/s1. The lowest BCUT2D eigenvalue weighted by Gasteiger charge is -2.34. The summed E-state index contributed by atoms with van der Waals surface area (Å²) < 4.78 is 2.02. The maximum atomic E-state index is 12.5. The van der Waals surface area contributed by atoms with E-state index < -0.39 is 0 Å². The highest BCUT2D eigenvalue weighted by atomic mass is 16.2. The van der Waals surface area contributed by atoms with Crippen LogP contribution in [0.15, 0.2) is 30.3 Å². The molecular weight excluding hydrogens is 252 g/mol. The van der Waals surface area contributed by atoms with Gasteiger partial charge in [0, 0.05) is 12.1 Å². The van der Waals surface area contributed by atoms with Gasteiger partial charge in [-0.15, -0.1) is 10.2 Å². The molecule has 0 saturated carbocycles. The zero-order chi connectivity index (χ0) is 13.7. The number of carbonyl (C=O) groups excluding carboxylic acids is 1. The fourth-order valence-electron chi connectivity index (χ4n) is 3.35. The number of nitrogens with zero attached hydrogens (tertiary/aromatic N) is 4. The maximum Gasteiger partial charge on any atom is 0.246 e. The first kappa shape index (κ1) is 11.6. The molecule has 5 heteroatoms. The average Bonchev–Trinajstić information content (AvgIpc) is 3.12. The van der Waals surface area contributed by atoms with E-state index in [0.717, 1.165) is 36.6 Å². The van der Waals surface area contributed by atoms with Crippen molar-refractivity contribution < 1.29 is 4.79 Å². The van der Waals surface area contributed by atoms with Crippen LogP contribution >= 0.6 is 0 Å². The number of hydrogen-bond donors (Lipinski definition) is 0. The van der Waals surface area contributed by atoms with Crippen molar-refractivity contribution in [2.24, 2.45) is 0 Å². The van der Waals surface area contributed by atoms with E-state index in [1.807, 2.05) is 46.7 Å². The third kappa shape index (κ3) is 1.46. The average molecular weight is 268 g/mol. The molecule has 1 amide bonds. The van der Waals surface area contributed by atoms with Crippen molar-refractivity contribution in [3.8, 4) is 11.4 Å². The molecule has 3 heterocycles. The molecular formula is C15H16N4O. The van der Waals surface area contributed by atoms with Gasteiger partial charge in [-0.05, 0) is 19.8 Å². The van der Waals surface area contributed by atoms with Crippen molar-refractivity contribution in [2.45, 2.75) is 31.8 Å². The summed E-state index contributed by atoms with van der Waals surface area (Å²) in [6.45, 7) is 2.79. The molecule has 0 radical (unpaired) electrons. The Hall–Kier alpha value is -2.17. The van der Waals surface area contributed by atoms with Gasteiger partial charge >= 0.3 is 0 Å². The molecule has 1 fully saturated rings. The van der Waals surface area contributed by atoms with E-state index >= 15 is 0 Å². The molecule has 1 saturated heterocycles. The van der Waals surface area contributed by atoms with Gasteiger partial charge in [0.25, 0.3) is 0 Å². The summed E-state index contributed by atoms with van der Waals surface area (Å²) >= 11 is 0. The summed E-state index contributed by atoms with van der Waals surface area (Å²) in [6, 6.07) is 9.85. The van der Waals surface area contributed by atoms with E-state index in [9.17, 15) is 4.79 Å². The van der Waals surface area contributed by atoms with Gasteiger partial charge in [0.05, 0.1) is 6.04 Å². The van der Waals surface area contributed by atoms with Crippen molar-refractivity contribution in [3.05, 3.63) is 36.2 Å². The van der Waals surface area contributed by atoms with Crippen LogP contribution in [0.1, 0.15) is 37.7 Å². The fourth-order valence-corrected chi connectivity index (χ4v) is 3.35. The molecule has 1 aromatic carbocycles. The molecule has 0 bridgehead atoms. The van der Waals surface area contributed by atoms with Crippen LogP contribution in [0.5, 0.6) is 0 Å². The molecule has 2 aliphatic heterocycles. The first-order valence-electron chi connectivity index (χ1n) is 7.08. The van der Waals surface area contributed by atoms with E-state index in [0.29, 0.717) is 0 Å². The zero-order valence-electron chi connectivity index (χ0n) is 11.4. The second kappa shape index (κ2) is 4.16. The largest absolute Gasteiger partial charge is 0.331 e. The van der Waals surface area contributed by atoms with Crippen molar-refractivity contribution in [3.63, 3.8) is 0 Å². The summed E-state index contributed by atoms with van der Waals surface area (Å²) in [5, 5.41) is 8.73. The second-order valence-corrected chi connectivity index (χ2v) is 5.48. The third-order valence-electron chi connectivity index (χ3n) is 4.33. The lowest BCUT2D eigenvalue weighted by atomic mass is 10.1. The number of benzene rings is 1. The Bertz CT molecular complexity index is 664. The molecule has 5 nitrogen and oxygen atoms in total. The molecule has 0 aliphatic carbocycles. The number of fused-ring (bicyclic) bond motifs is 3. The normalized spacial score (nSPS) is 24.6. The van der Waals surface area contributed by atoms with Gasteiger partial charge in [-0.3, -0.25) is 9.36 Å². The number of carbonyl (C=O) groups is 1. The summed E-state index contributed by atoms with van der Waals surface area (Å²) in [5.74, 6) is 1.93. The lowest BCUT2D eigenvalue weighted by Crippen LogP contribution is -2.42. The predicted octanol–water partition coefficient (Wildman–Crippen LogP) is 2.18. The van der Waals surface area contributed by atoms with Crippen LogP contribution in [0.2, 0.25) is 0 Å². The minimum Gasteiger partial charge on any atom is -0.331 e. The first-order chi connectivity index (χ1) is 9.77. The van der Waals surface area contributed by atoms with Gasteiger partial charge in [0.1, 0.15) is 6.04 Å². The van der Waals surface area contributed by atoms with Gasteiger partial charge in [-0.25, -0.2) is 0 Å². The topological polar surface area (TPSA) is 51.0 Å². The van der Waals surface area contributed by atoms with Crippen molar-refractivity contribution in [2.75, 3.05) is 6.54 Å². The second-order valence-electron chi connectivity index (χ2n) is 5.48. The molecule has 20 heavy (non-hydrogen) atoms. The Morgan fingerprint density at radius 2 is 2.00 bits per heavy atom. The van der Waals surface area contributed by atoms with E-state index in [2.05, 4.69) is 10.2 Å². The molecule has 0 unspecified atom stereocenters. The number of hydrogen-bond acceptors (Lipinski definition) is 3. The SMILES string of the molecule is C[C@H]1C(=O)N2CCC[C@@H]2c2nnc(-c3ccccc3)n21. The molecule has 0 spiro atoms. The third-order valence-corrected chi connectivity index (χ3v) is 4.33. The molecule has 2 atom stereocenters. The fraction of sp³-hybridized carbons (Fsp3) is 0.400. The van der Waals surface area contributed by atoms with E-state index in [-0.39, 0.29) is 18.0 Å². The highest BCUT2D eigenvalue weighted by Crippen LogP contribution is 2.39. The molecule has 2 aliphatic rings. The van der Waals surface area contributed by atoms with Crippen molar-refractivity contribution in [1.29, 1.82) is 0 Å². The number of amides is 1. The monoisotopic (exact) mass is 268 g/mol. The van der Waals surface area contributed by atoms with Crippen molar-refractivity contribution in [1.82, 2.24) is 19.7 Å². The Balaban J connectivity index is 1.89. The van der Waals surface area contributed by atoms with Crippen LogP contribution in [0.3, 0.4) is 0 Å². The van der Waals surface area contributed by atoms with Crippen LogP contribution in [0, 0.1) is 0 Å². The molecule has 4 rings (SSSR count). The first-order valence-corrected chi connectivity index (χ1v) is 7.08. The summed E-state index contributed by atoms with van der Waals surface area (Å²) in [5.41, 5.74) is 1.01. The Kier molecular flexibility index (Phi) is 2.42. The van der Waals surface area contributed by atoms with Crippen LogP contribution in [-0.2, 0) is 4.79 Å². The van der Waals surface area contributed by atoms with Crippen LogP contribution < -0.4 is 0 Å². The summed E-state index contributed by atoms with van der Waals surface area (Å²) in [6.07, 6.45) is 2.04. The van der Waals surface area contributed by atoms with Crippen LogP contribution in [0.25, 0.3) is 11.4 Å². The Labute approximate surface area is 117 Å². The molecule has 102 valence electrons. The van der Waals surface area contributed by atoms with Crippen molar-refractivity contribution >= 4 is 5.91 Å². The summed E-state index contributed by atoms with van der Waals surface area (Å²) in [7, 11) is 0.